The molecular formula is C9H10N2O3. The van der Waals surface area contributed by atoms with Gasteiger partial charge in [-0.3, -0.25) is 10.1 Å². The Balaban J connectivity index is 3.15. The average Bonchev–Trinajstić information content (AvgIpc) is 2.27. The number of carbonyl (C=O) groups excluding carboxylic acids is 1. The van der Waals surface area contributed by atoms with E-state index in [0.29, 0.717) is 5.56 Å². The van der Waals surface area contributed by atoms with Gasteiger partial charge in [0, 0.05) is 10.7 Å². The molecule has 1 aromatic rings. The third kappa shape index (κ3) is 2.01. The summed E-state index contributed by atoms with van der Waals surface area (Å²) in [6, 6.07) is 6.26. The van der Waals surface area contributed by atoms with E-state index in [1.807, 2.05) is 0 Å². The molecule has 0 heterocycles. The molecule has 5 heteroatoms. The fourth-order valence-corrected chi connectivity index (χ4v) is 1.13. The summed E-state index contributed by atoms with van der Waals surface area (Å²) in [6.45, 7) is 0. The zero-order chi connectivity index (χ0) is 10.6. The summed E-state index contributed by atoms with van der Waals surface area (Å²) in [4.78, 5) is 21.1. The first-order chi connectivity index (χ1) is 6.70. The van der Waals surface area contributed by atoms with Crippen LogP contribution < -0.4 is 5.32 Å². The second kappa shape index (κ2) is 4.59. The lowest BCUT2D eigenvalue weighted by Gasteiger charge is -2.11. The lowest BCUT2D eigenvalue weighted by molar-refractivity contribution is 0.0988. The molecule has 0 spiro atoms. The minimum Gasteiger partial charge on any atom is -0.374 e. The van der Waals surface area contributed by atoms with E-state index >= 15 is 0 Å². The van der Waals surface area contributed by atoms with E-state index in [9.17, 15) is 14.8 Å². The Morgan fingerprint density at radius 2 is 2.14 bits per heavy atom. The number of benzene rings is 1. The largest absolute Gasteiger partial charge is 0.374 e. The molecule has 0 aliphatic heterocycles. The second-order valence-electron chi connectivity index (χ2n) is 2.67. The van der Waals surface area contributed by atoms with E-state index in [1.54, 1.807) is 25.2 Å². The van der Waals surface area contributed by atoms with Crippen LogP contribution in [0.25, 0.3) is 0 Å². The minimum atomic E-state index is -0.975. The van der Waals surface area contributed by atoms with Crippen molar-refractivity contribution in [3.8, 4) is 0 Å². The molecule has 0 saturated carbocycles. The van der Waals surface area contributed by atoms with Gasteiger partial charge in [0.1, 0.15) is 6.23 Å². The van der Waals surface area contributed by atoms with Crippen molar-refractivity contribution in [1.82, 2.24) is 5.32 Å². The highest BCUT2D eigenvalue weighted by molar-refractivity contribution is 5.96. The molecule has 0 bridgehead atoms. The summed E-state index contributed by atoms with van der Waals surface area (Å²) in [5.41, 5.74) is 0.462. The zero-order valence-corrected chi connectivity index (χ0v) is 7.60. The molecule has 0 aliphatic carbocycles. The van der Waals surface area contributed by atoms with Crippen molar-refractivity contribution in [3.63, 3.8) is 0 Å². The molecule has 74 valence electrons. The first-order valence-electron chi connectivity index (χ1n) is 4.02. The smallest absolute Gasteiger partial charge is 0.317 e. The van der Waals surface area contributed by atoms with Gasteiger partial charge in [0.15, 0.2) is 0 Å². The fraction of sp³-hybridized carbons (Fsp3) is 0.222. The predicted octanol–water partition coefficient (Wildman–Crippen LogP) is 0.804. The van der Waals surface area contributed by atoms with E-state index in [-0.39, 0.29) is 5.56 Å². The lowest BCUT2D eigenvalue weighted by Crippen LogP contribution is -2.18. The van der Waals surface area contributed by atoms with Gasteiger partial charge in [-0.05, 0) is 13.1 Å². The molecule has 0 radical (unpaired) electrons. The highest BCUT2D eigenvalue weighted by Crippen LogP contribution is 2.16. The molecule has 0 fully saturated rings. The molecule has 0 aliphatic rings. The predicted molar refractivity (Wildman–Crippen MR) is 50.6 cm³/mol. The van der Waals surface area contributed by atoms with Gasteiger partial charge in [-0.1, -0.05) is 18.2 Å². The van der Waals surface area contributed by atoms with Crippen LogP contribution >= 0.6 is 0 Å². The van der Waals surface area contributed by atoms with Crippen molar-refractivity contribution in [2.24, 2.45) is 5.18 Å². The van der Waals surface area contributed by atoms with Gasteiger partial charge in [0.05, 0.1) is 5.56 Å². The summed E-state index contributed by atoms with van der Waals surface area (Å²) in [7, 11) is 1.54. The number of aliphatic hydroxyl groups excluding tert-OH is 1. The van der Waals surface area contributed by atoms with Crippen LogP contribution in [0.5, 0.6) is 0 Å². The van der Waals surface area contributed by atoms with Crippen molar-refractivity contribution in [2.75, 3.05) is 7.05 Å². The fourth-order valence-electron chi connectivity index (χ4n) is 1.13. The van der Waals surface area contributed by atoms with Gasteiger partial charge in [-0.15, -0.1) is 4.91 Å². The Labute approximate surface area is 80.7 Å². The first kappa shape index (κ1) is 10.5. The summed E-state index contributed by atoms with van der Waals surface area (Å²) >= 11 is 0. The maximum Gasteiger partial charge on any atom is 0.317 e. The van der Waals surface area contributed by atoms with E-state index in [2.05, 4.69) is 10.5 Å². The summed E-state index contributed by atoms with van der Waals surface area (Å²) in [5.74, 6) is -0.880. The number of nitrogens with one attached hydrogen (secondary N) is 1. The van der Waals surface area contributed by atoms with Gasteiger partial charge >= 0.3 is 5.91 Å². The number of rotatable bonds is 3. The maximum atomic E-state index is 11.0. The quantitative estimate of drug-likeness (QED) is 0.551. The van der Waals surface area contributed by atoms with Crippen LogP contribution in [0, 0.1) is 4.91 Å². The van der Waals surface area contributed by atoms with Crippen LogP contribution in [0.2, 0.25) is 0 Å². The highest BCUT2D eigenvalue weighted by Gasteiger charge is 2.15. The molecule has 2 N–H and O–H groups in total. The third-order valence-electron chi connectivity index (χ3n) is 1.84. The number of amides is 1. The zero-order valence-electron chi connectivity index (χ0n) is 7.60. The van der Waals surface area contributed by atoms with Crippen molar-refractivity contribution in [2.45, 2.75) is 6.23 Å². The lowest BCUT2D eigenvalue weighted by atomic mass is 10.1. The van der Waals surface area contributed by atoms with Crippen LogP contribution in [-0.2, 0) is 0 Å². The van der Waals surface area contributed by atoms with Crippen molar-refractivity contribution in [1.29, 1.82) is 0 Å². The number of nitrogens with zero attached hydrogens (tertiary/aromatic N) is 1. The summed E-state index contributed by atoms with van der Waals surface area (Å²) in [6.07, 6.45) is -0.975. The van der Waals surface area contributed by atoms with Crippen LogP contribution in [-0.4, -0.2) is 18.1 Å². The van der Waals surface area contributed by atoms with Crippen molar-refractivity contribution >= 4 is 5.91 Å². The topological polar surface area (TPSA) is 78.8 Å². The van der Waals surface area contributed by atoms with Crippen LogP contribution in [0.1, 0.15) is 22.1 Å². The normalized spacial score (nSPS) is 12.1. The SMILES string of the molecule is CNC(O)c1ccccc1C(=O)N=O. The molecule has 1 rings (SSSR count). The highest BCUT2D eigenvalue weighted by atomic mass is 16.3. The average molecular weight is 194 g/mol. The summed E-state index contributed by atoms with van der Waals surface area (Å²) < 4.78 is 0. The number of hydrogen-bond donors (Lipinski definition) is 2. The number of aliphatic hydroxyl groups is 1. The Kier molecular flexibility index (Phi) is 3.44. The molecule has 14 heavy (non-hydrogen) atoms. The van der Waals surface area contributed by atoms with Crippen LogP contribution in [0.15, 0.2) is 29.4 Å². The van der Waals surface area contributed by atoms with Crippen LogP contribution in [0.4, 0.5) is 0 Å². The number of nitroso groups, excluding NO2 is 1. The van der Waals surface area contributed by atoms with Gasteiger partial charge in [0.2, 0.25) is 0 Å². The maximum absolute atomic E-state index is 11.0. The van der Waals surface area contributed by atoms with Gasteiger partial charge in [-0.25, -0.2) is 0 Å². The minimum absolute atomic E-state index is 0.115. The Morgan fingerprint density at radius 3 is 2.71 bits per heavy atom. The molecule has 1 unspecified atom stereocenters. The standard InChI is InChI=1S/C9H10N2O3/c1-10-8(12)6-4-2-3-5-7(6)9(13)11-14/h2-5,8,10,12H,1H3. The Bertz CT molecular complexity index is 352. The van der Waals surface area contributed by atoms with E-state index in [0.717, 1.165) is 0 Å². The van der Waals surface area contributed by atoms with E-state index < -0.39 is 12.1 Å². The Hall–Kier alpha value is -1.59. The molecule has 1 atom stereocenters. The van der Waals surface area contributed by atoms with Gasteiger partial charge < -0.3 is 5.11 Å². The molecule has 5 nitrogen and oxygen atoms in total. The van der Waals surface area contributed by atoms with Crippen molar-refractivity contribution < 1.29 is 9.90 Å². The van der Waals surface area contributed by atoms with Crippen LogP contribution in [0.3, 0.4) is 0 Å². The molecule has 0 saturated heterocycles. The van der Waals surface area contributed by atoms with Crippen molar-refractivity contribution in [3.05, 3.63) is 40.3 Å². The second-order valence-corrected chi connectivity index (χ2v) is 2.67. The Morgan fingerprint density at radius 1 is 1.50 bits per heavy atom. The number of carbonyl (C=O) groups is 1. The monoisotopic (exact) mass is 194 g/mol. The van der Waals surface area contributed by atoms with E-state index in [1.165, 1.54) is 6.07 Å². The first-order valence-corrected chi connectivity index (χ1v) is 4.02. The molecule has 0 aromatic heterocycles. The van der Waals surface area contributed by atoms with Gasteiger partial charge in [-0.2, -0.15) is 0 Å². The molecule has 1 aromatic carbocycles. The van der Waals surface area contributed by atoms with Gasteiger partial charge in [0.25, 0.3) is 0 Å². The molecular weight excluding hydrogens is 184 g/mol. The molecule has 1 amide bonds. The third-order valence-corrected chi connectivity index (χ3v) is 1.84. The summed E-state index contributed by atoms with van der Waals surface area (Å²) in [5, 5.41) is 14.3. The number of hydrogen-bond acceptors (Lipinski definition) is 4. The van der Waals surface area contributed by atoms with E-state index in [4.69, 9.17) is 0 Å².